The van der Waals surface area contributed by atoms with Gasteiger partial charge in [0, 0.05) is 24.8 Å². The molecule has 0 atom stereocenters. The van der Waals surface area contributed by atoms with Crippen molar-refractivity contribution in [2.75, 3.05) is 6.54 Å². The van der Waals surface area contributed by atoms with Crippen LogP contribution < -0.4 is 5.32 Å². The zero-order chi connectivity index (χ0) is 16.4. The minimum atomic E-state index is -0.0269. The van der Waals surface area contributed by atoms with Crippen molar-refractivity contribution in [2.45, 2.75) is 20.3 Å². The lowest BCUT2D eigenvalue weighted by Gasteiger charge is -2.08. The van der Waals surface area contributed by atoms with Crippen molar-refractivity contribution in [1.29, 1.82) is 0 Å². The molecule has 0 saturated carbocycles. The van der Waals surface area contributed by atoms with Crippen LogP contribution in [0.2, 0.25) is 0 Å². The number of aryl methyl sites for hydroxylation is 2. The number of hydrogen-bond acceptors (Lipinski definition) is 2. The van der Waals surface area contributed by atoms with Crippen LogP contribution in [-0.2, 0) is 13.5 Å². The fourth-order valence-corrected chi connectivity index (χ4v) is 3.00. The van der Waals surface area contributed by atoms with Gasteiger partial charge in [0.1, 0.15) is 0 Å². The Morgan fingerprint density at radius 2 is 1.87 bits per heavy atom. The molecule has 0 aliphatic rings. The van der Waals surface area contributed by atoms with Gasteiger partial charge in [0.05, 0.1) is 5.69 Å². The van der Waals surface area contributed by atoms with Gasteiger partial charge in [-0.3, -0.25) is 9.48 Å². The van der Waals surface area contributed by atoms with Gasteiger partial charge in [0.15, 0.2) is 0 Å². The van der Waals surface area contributed by atoms with E-state index in [1.165, 1.54) is 5.56 Å². The first-order valence-corrected chi connectivity index (χ1v) is 7.83. The Morgan fingerprint density at radius 1 is 1.13 bits per heavy atom. The van der Waals surface area contributed by atoms with E-state index in [9.17, 15) is 4.79 Å². The quantitative estimate of drug-likeness (QED) is 0.805. The molecule has 1 heterocycles. The highest BCUT2D eigenvalue weighted by Crippen LogP contribution is 2.18. The summed E-state index contributed by atoms with van der Waals surface area (Å²) in [5.74, 6) is -0.0269. The van der Waals surface area contributed by atoms with Crippen LogP contribution in [0.25, 0.3) is 10.8 Å². The van der Waals surface area contributed by atoms with Gasteiger partial charge in [-0.05, 0) is 42.7 Å². The molecule has 3 aromatic rings. The number of hydrogen-bond donors (Lipinski definition) is 1. The molecule has 4 heteroatoms. The van der Waals surface area contributed by atoms with E-state index >= 15 is 0 Å². The molecular formula is C19H21N3O. The van der Waals surface area contributed by atoms with E-state index < -0.39 is 0 Å². The van der Waals surface area contributed by atoms with E-state index in [0.29, 0.717) is 6.54 Å². The number of carbonyl (C=O) groups excluding carboxylic acids is 1. The largest absolute Gasteiger partial charge is 0.352 e. The lowest BCUT2D eigenvalue weighted by molar-refractivity contribution is 0.0955. The van der Waals surface area contributed by atoms with Crippen LogP contribution in [-0.4, -0.2) is 22.2 Å². The van der Waals surface area contributed by atoms with Gasteiger partial charge in [-0.15, -0.1) is 0 Å². The van der Waals surface area contributed by atoms with Crippen molar-refractivity contribution >= 4 is 16.7 Å². The monoisotopic (exact) mass is 307 g/mol. The van der Waals surface area contributed by atoms with E-state index in [4.69, 9.17) is 0 Å². The van der Waals surface area contributed by atoms with Gasteiger partial charge in [-0.1, -0.05) is 36.4 Å². The number of aromatic nitrogens is 2. The van der Waals surface area contributed by atoms with Gasteiger partial charge in [-0.2, -0.15) is 5.10 Å². The smallest absolute Gasteiger partial charge is 0.251 e. The van der Waals surface area contributed by atoms with Crippen molar-refractivity contribution in [2.24, 2.45) is 7.05 Å². The van der Waals surface area contributed by atoms with Crippen molar-refractivity contribution in [1.82, 2.24) is 15.1 Å². The third kappa shape index (κ3) is 2.97. The molecule has 4 nitrogen and oxygen atoms in total. The molecule has 118 valence electrons. The number of carbonyl (C=O) groups is 1. The normalized spacial score (nSPS) is 10.9. The number of nitrogens with one attached hydrogen (secondary N) is 1. The fraction of sp³-hybridized carbons (Fsp3) is 0.263. The van der Waals surface area contributed by atoms with Crippen LogP contribution >= 0.6 is 0 Å². The highest BCUT2D eigenvalue weighted by atomic mass is 16.1. The van der Waals surface area contributed by atoms with E-state index in [0.717, 1.165) is 34.1 Å². The van der Waals surface area contributed by atoms with Crippen LogP contribution in [0.15, 0.2) is 42.5 Å². The molecule has 1 N–H and O–H groups in total. The molecule has 0 saturated heterocycles. The van der Waals surface area contributed by atoms with E-state index in [1.807, 2.05) is 61.1 Å². The topological polar surface area (TPSA) is 46.9 Å². The maximum Gasteiger partial charge on any atom is 0.251 e. The van der Waals surface area contributed by atoms with E-state index in [2.05, 4.69) is 17.3 Å². The zero-order valence-electron chi connectivity index (χ0n) is 13.8. The second-order valence-corrected chi connectivity index (χ2v) is 5.81. The average molecular weight is 307 g/mol. The number of nitrogens with zero attached hydrogens (tertiary/aromatic N) is 2. The molecule has 0 spiro atoms. The summed E-state index contributed by atoms with van der Waals surface area (Å²) >= 11 is 0. The van der Waals surface area contributed by atoms with Crippen molar-refractivity contribution < 1.29 is 4.79 Å². The van der Waals surface area contributed by atoms with Crippen LogP contribution in [0.4, 0.5) is 0 Å². The molecule has 0 radical (unpaired) electrons. The molecule has 0 fully saturated rings. The Kier molecular flexibility index (Phi) is 4.15. The number of amides is 1. The summed E-state index contributed by atoms with van der Waals surface area (Å²) in [6, 6.07) is 13.8. The lowest BCUT2D eigenvalue weighted by atomic mass is 10.0. The van der Waals surface area contributed by atoms with Crippen LogP contribution in [0.1, 0.15) is 27.3 Å². The van der Waals surface area contributed by atoms with Gasteiger partial charge < -0.3 is 5.32 Å². The molecule has 1 aromatic heterocycles. The van der Waals surface area contributed by atoms with Crippen LogP contribution in [0, 0.1) is 13.8 Å². The van der Waals surface area contributed by atoms with Crippen molar-refractivity contribution in [3.63, 3.8) is 0 Å². The lowest BCUT2D eigenvalue weighted by Crippen LogP contribution is -2.26. The zero-order valence-corrected chi connectivity index (χ0v) is 13.8. The van der Waals surface area contributed by atoms with Gasteiger partial charge in [0.25, 0.3) is 5.91 Å². The Hall–Kier alpha value is -2.62. The van der Waals surface area contributed by atoms with E-state index in [1.54, 1.807) is 0 Å². The fourth-order valence-electron chi connectivity index (χ4n) is 3.00. The maximum absolute atomic E-state index is 12.5. The Balaban J connectivity index is 1.72. The first kappa shape index (κ1) is 15.3. The number of rotatable bonds is 4. The maximum atomic E-state index is 12.5. The predicted molar refractivity (Wildman–Crippen MR) is 92.7 cm³/mol. The highest BCUT2D eigenvalue weighted by Gasteiger charge is 2.12. The van der Waals surface area contributed by atoms with Gasteiger partial charge >= 0.3 is 0 Å². The Morgan fingerprint density at radius 3 is 2.61 bits per heavy atom. The summed E-state index contributed by atoms with van der Waals surface area (Å²) in [7, 11) is 1.94. The molecule has 23 heavy (non-hydrogen) atoms. The first-order valence-electron chi connectivity index (χ1n) is 7.83. The Labute approximate surface area is 136 Å². The molecular weight excluding hydrogens is 286 g/mol. The molecule has 0 aliphatic carbocycles. The second-order valence-electron chi connectivity index (χ2n) is 5.81. The number of fused-ring (bicyclic) bond motifs is 1. The third-order valence-corrected chi connectivity index (χ3v) is 4.35. The molecule has 1 amide bonds. The van der Waals surface area contributed by atoms with Crippen molar-refractivity contribution in [3.8, 4) is 0 Å². The minimum absolute atomic E-state index is 0.0269. The molecule has 2 aromatic carbocycles. The summed E-state index contributed by atoms with van der Waals surface area (Å²) in [6.07, 6.45) is 0.794. The third-order valence-electron chi connectivity index (χ3n) is 4.35. The highest BCUT2D eigenvalue weighted by molar-refractivity contribution is 6.06. The van der Waals surface area contributed by atoms with Crippen LogP contribution in [0.5, 0.6) is 0 Å². The summed E-state index contributed by atoms with van der Waals surface area (Å²) in [4.78, 5) is 12.5. The molecule has 3 rings (SSSR count). The molecule has 0 unspecified atom stereocenters. The molecule has 0 bridgehead atoms. The van der Waals surface area contributed by atoms with Crippen LogP contribution in [0.3, 0.4) is 0 Å². The van der Waals surface area contributed by atoms with Gasteiger partial charge in [-0.25, -0.2) is 0 Å². The SMILES string of the molecule is Cc1nn(C)c(C)c1CCNC(=O)c1cccc2ccccc12. The molecule has 0 aliphatic heterocycles. The standard InChI is InChI=1S/C19H21N3O/c1-13-16(14(2)22(3)21-13)11-12-20-19(23)18-10-6-8-15-7-4-5-9-17(15)18/h4-10H,11-12H2,1-3H3,(H,20,23). The minimum Gasteiger partial charge on any atom is -0.352 e. The summed E-state index contributed by atoms with van der Waals surface area (Å²) < 4.78 is 1.89. The predicted octanol–water partition coefficient (Wildman–Crippen LogP) is 3.16. The summed E-state index contributed by atoms with van der Waals surface area (Å²) in [5.41, 5.74) is 4.12. The van der Waals surface area contributed by atoms with Gasteiger partial charge in [0.2, 0.25) is 0 Å². The summed E-state index contributed by atoms with van der Waals surface area (Å²) in [5, 5.41) is 9.51. The average Bonchev–Trinajstić information content (AvgIpc) is 2.80. The second kappa shape index (κ2) is 6.24. The summed E-state index contributed by atoms with van der Waals surface area (Å²) in [6.45, 7) is 4.67. The number of benzene rings is 2. The van der Waals surface area contributed by atoms with E-state index in [-0.39, 0.29) is 5.91 Å². The Bertz CT molecular complexity index is 859. The van der Waals surface area contributed by atoms with Crippen molar-refractivity contribution in [3.05, 3.63) is 65.0 Å². The first-order chi connectivity index (χ1) is 11.1.